The molecule has 2 unspecified atom stereocenters. The lowest BCUT2D eigenvalue weighted by molar-refractivity contribution is -0.383. The molecule has 1 aliphatic carbocycles. The van der Waals surface area contributed by atoms with Crippen molar-refractivity contribution in [2.75, 3.05) is 5.32 Å². The van der Waals surface area contributed by atoms with Crippen LogP contribution in [-0.2, 0) is 0 Å². The Morgan fingerprint density at radius 3 is 2.80 bits per heavy atom. The number of nitrogens with one attached hydrogen (secondary N) is 1. The van der Waals surface area contributed by atoms with Gasteiger partial charge in [0.15, 0.2) is 0 Å². The lowest BCUT2D eigenvalue weighted by Crippen LogP contribution is -2.06. The van der Waals surface area contributed by atoms with Crippen LogP contribution in [0.5, 0.6) is 0 Å². The fraction of sp³-hybridized carbons (Fsp3) is 0.400. The molecule has 0 aliphatic heterocycles. The Morgan fingerprint density at radius 1 is 1.60 bits per heavy atom. The van der Waals surface area contributed by atoms with Crippen LogP contribution in [-0.4, -0.2) is 11.0 Å². The van der Waals surface area contributed by atoms with Gasteiger partial charge in [0.1, 0.15) is 10.7 Å². The fourth-order valence-electron chi connectivity index (χ4n) is 1.54. The van der Waals surface area contributed by atoms with Gasteiger partial charge in [-0.15, -0.1) is 0 Å². The van der Waals surface area contributed by atoms with Crippen molar-refractivity contribution < 1.29 is 4.92 Å². The maximum Gasteiger partial charge on any atom is 0.310 e. The quantitative estimate of drug-likeness (QED) is 0.637. The maximum atomic E-state index is 10.8. The first-order valence-electron chi connectivity index (χ1n) is 4.79. The summed E-state index contributed by atoms with van der Waals surface area (Å²) >= 11 is 5.78. The normalized spacial score (nSPS) is 23.6. The van der Waals surface area contributed by atoms with Gasteiger partial charge in [-0.25, -0.2) is 0 Å². The first-order chi connectivity index (χ1) is 7.09. The molecule has 80 valence electrons. The van der Waals surface area contributed by atoms with Crippen LogP contribution < -0.4 is 5.32 Å². The van der Waals surface area contributed by atoms with E-state index < -0.39 is 4.92 Å². The lowest BCUT2D eigenvalue weighted by Gasteiger charge is -2.06. The van der Waals surface area contributed by atoms with Crippen LogP contribution >= 0.6 is 11.6 Å². The van der Waals surface area contributed by atoms with Gasteiger partial charge in [-0.2, -0.15) is 0 Å². The number of benzene rings is 1. The maximum absolute atomic E-state index is 10.8. The van der Waals surface area contributed by atoms with E-state index in [1.807, 2.05) is 0 Å². The summed E-state index contributed by atoms with van der Waals surface area (Å²) in [5, 5.41) is 14.1. The summed E-state index contributed by atoms with van der Waals surface area (Å²) in [7, 11) is 0. The van der Waals surface area contributed by atoms with Crippen molar-refractivity contribution in [2.45, 2.75) is 19.4 Å². The predicted molar refractivity (Wildman–Crippen MR) is 59.3 cm³/mol. The monoisotopic (exact) mass is 226 g/mol. The van der Waals surface area contributed by atoms with E-state index in [9.17, 15) is 10.1 Å². The van der Waals surface area contributed by atoms with Crippen LogP contribution in [0.1, 0.15) is 13.3 Å². The average Bonchev–Trinajstić information content (AvgIpc) is 2.81. The van der Waals surface area contributed by atoms with E-state index in [-0.39, 0.29) is 10.7 Å². The Morgan fingerprint density at radius 2 is 2.27 bits per heavy atom. The molecule has 1 aromatic rings. The van der Waals surface area contributed by atoms with Gasteiger partial charge in [0.2, 0.25) is 0 Å². The zero-order chi connectivity index (χ0) is 11.0. The summed E-state index contributed by atoms with van der Waals surface area (Å²) in [6.07, 6.45) is 1.06. The van der Waals surface area contributed by atoms with E-state index in [1.54, 1.807) is 12.1 Å². The number of anilines is 1. The molecule has 0 heterocycles. The number of para-hydroxylation sites is 1. The molecular formula is C10H11ClN2O2. The molecular weight excluding hydrogens is 216 g/mol. The summed E-state index contributed by atoms with van der Waals surface area (Å²) in [5.74, 6) is 0.587. The van der Waals surface area contributed by atoms with E-state index in [2.05, 4.69) is 12.2 Å². The van der Waals surface area contributed by atoms with Gasteiger partial charge < -0.3 is 5.32 Å². The number of halogens is 1. The van der Waals surface area contributed by atoms with Gasteiger partial charge in [0.05, 0.1) is 4.92 Å². The number of rotatable bonds is 3. The number of hydrogen-bond donors (Lipinski definition) is 1. The molecule has 1 aromatic carbocycles. The highest BCUT2D eigenvalue weighted by molar-refractivity contribution is 6.33. The first-order valence-corrected chi connectivity index (χ1v) is 5.17. The molecule has 1 aliphatic rings. The fourth-order valence-corrected chi connectivity index (χ4v) is 1.78. The minimum absolute atomic E-state index is 0.0294. The third-order valence-corrected chi connectivity index (χ3v) is 2.92. The van der Waals surface area contributed by atoms with Crippen molar-refractivity contribution in [2.24, 2.45) is 5.92 Å². The molecule has 0 amide bonds. The highest BCUT2D eigenvalue weighted by Crippen LogP contribution is 2.38. The molecule has 5 heteroatoms. The summed E-state index contributed by atoms with van der Waals surface area (Å²) in [6.45, 7) is 2.11. The van der Waals surface area contributed by atoms with Gasteiger partial charge in [0, 0.05) is 6.04 Å². The standard InChI is InChI=1S/C10H11ClN2O2/c1-6-5-9(6)12-8-4-2-3-7(11)10(8)13(14)15/h2-4,6,9,12H,5H2,1H3. The molecule has 0 bridgehead atoms. The van der Waals surface area contributed by atoms with Gasteiger partial charge in [-0.1, -0.05) is 24.6 Å². The second-order valence-electron chi connectivity index (χ2n) is 3.86. The summed E-state index contributed by atoms with van der Waals surface area (Å²) in [5.41, 5.74) is 0.486. The third-order valence-electron chi connectivity index (χ3n) is 2.62. The van der Waals surface area contributed by atoms with Crippen molar-refractivity contribution in [1.82, 2.24) is 0 Å². The van der Waals surface area contributed by atoms with Crippen LogP contribution in [0.25, 0.3) is 0 Å². The van der Waals surface area contributed by atoms with Crippen molar-refractivity contribution in [1.29, 1.82) is 0 Å². The zero-order valence-electron chi connectivity index (χ0n) is 8.24. The van der Waals surface area contributed by atoms with Crippen LogP contribution in [0.4, 0.5) is 11.4 Å². The minimum Gasteiger partial charge on any atom is -0.376 e. The van der Waals surface area contributed by atoms with Gasteiger partial charge >= 0.3 is 5.69 Å². The predicted octanol–water partition coefficient (Wildman–Crippen LogP) is 3.07. The smallest absolute Gasteiger partial charge is 0.310 e. The molecule has 0 saturated heterocycles. The van der Waals surface area contributed by atoms with Crippen LogP contribution in [0.15, 0.2) is 18.2 Å². The molecule has 1 N–H and O–H groups in total. The van der Waals surface area contributed by atoms with Gasteiger partial charge in [-0.05, 0) is 24.5 Å². The second kappa shape index (κ2) is 3.70. The van der Waals surface area contributed by atoms with Crippen LogP contribution in [0.3, 0.4) is 0 Å². The highest BCUT2D eigenvalue weighted by Gasteiger charge is 2.34. The van der Waals surface area contributed by atoms with Gasteiger partial charge in [0.25, 0.3) is 0 Å². The molecule has 4 nitrogen and oxygen atoms in total. The summed E-state index contributed by atoms with van der Waals surface area (Å²) < 4.78 is 0. The topological polar surface area (TPSA) is 55.2 Å². The van der Waals surface area contributed by atoms with Gasteiger partial charge in [-0.3, -0.25) is 10.1 Å². The van der Waals surface area contributed by atoms with E-state index in [0.717, 1.165) is 6.42 Å². The highest BCUT2D eigenvalue weighted by atomic mass is 35.5. The zero-order valence-corrected chi connectivity index (χ0v) is 8.99. The Bertz CT molecular complexity index is 408. The van der Waals surface area contributed by atoms with E-state index in [0.29, 0.717) is 17.6 Å². The molecule has 0 radical (unpaired) electrons. The number of hydrogen-bond acceptors (Lipinski definition) is 3. The Kier molecular flexibility index (Phi) is 2.52. The Balaban J connectivity index is 2.29. The SMILES string of the molecule is CC1CC1Nc1cccc(Cl)c1[N+](=O)[O-]. The van der Waals surface area contributed by atoms with Crippen molar-refractivity contribution in [3.05, 3.63) is 33.3 Å². The number of nitrogens with zero attached hydrogens (tertiary/aromatic N) is 1. The summed E-state index contributed by atoms with van der Waals surface area (Å²) in [4.78, 5) is 10.4. The van der Waals surface area contributed by atoms with Crippen molar-refractivity contribution in [3.63, 3.8) is 0 Å². The molecule has 2 rings (SSSR count). The third kappa shape index (κ3) is 2.04. The van der Waals surface area contributed by atoms with Crippen LogP contribution in [0, 0.1) is 16.0 Å². The molecule has 2 atom stereocenters. The second-order valence-corrected chi connectivity index (χ2v) is 4.26. The number of nitro benzene ring substituents is 1. The minimum atomic E-state index is -0.447. The summed E-state index contributed by atoms with van der Waals surface area (Å²) in [6, 6.07) is 5.28. The largest absolute Gasteiger partial charge is 0.376 e. The van der Waals surface area contributed by atoms with Crippen molar-refractivity contribution >= 4 is 23.0 Å². The van der Waals surface area contributed by atoms with Crippen LogP contribution in [0.2, 0.25) is 5.02 Å². The molecule has 0 aromatic heterocycles. The Labute approximate surface area is 92.4 Å². The van der Waals surface area contributed by atoms with E-state index in [4.69, 9.17) is 11.6 Å². The Hall–Kier alpha value is -1.29. The average molecular weight is 227 g/mol. The molecule has 1 saturated carbocycles. The van der Waals surface area contributed by atoms with Crippen molar-refractivity contribution in [3.8, 4) is 0 Å². The number of nitro groups is 1. The van der Waals surface area contributed by atoms with E-state index >= 15 is 0 Å². The molecule has 15 heavy (non-hydrogen) atoms. The molecule has 1 fully saturated rings. The lowest BCUT2D eigenvalue weighted by atomic mass is 10.2. The first kappa shape index (κ1) is 10.2. The van der Waals surface area contributed by atoms with E-state index in [1.165, 1.54) is 6.07 Å². The molecule has 0 spiro atoms.